The maximum Gasteiger partial charge on any atom is 0.279 e. The monoisotopic (exact) mass is 406 g/mol. The highest BCUT2D eigenvalue weighted by Crippen LogP contribution is 2.26. The molecule has 3 heterocycles. The predicted octanol–water partition coefficient (Wildman–Crippen LogP) is 1.15. The van der Waals surface area contributed by atoms with Gasteiger partial charge in [0, 0.05) is 56.9 Å². The zero-order valence-electron chi connectivity index (χ0n) is 16.5. The molecule has 1 N–H and O–H groups in total. The number of nitrogens with one attached hydrogen (secondary N) is 1. The van der Waals surface area contributed by atoms with Gasteiger partial charge in [-0.3, -0.25) is 9.69 Å². The van der Waals surface area contributed by atoms with E-state index in [1.54, 1.807) is 4.31 Å². The number of piperidine rings is 1. The molecule has 0 saturated carbocycles. The highest BCUT2D eigenvalue weighted by atomic mass is 32.2. The van der Waals surface area contributed by atoms with Crippen LogP contribution in [0.4, 0.5) is 0 Å². The molecule has 3 saturated heterocycles. The second-order valence-electron chi connectivity index (χ2n) is 8.37. The molecule has 2 bridgehead atoms. The molecule has 4 atom stereocenters. The average molecular weight is 407 g/mol. The number of benzene rings is 1. The highest BCUT2D eigenvalue weighted by molar-refractivity contribution is 7.87. The van der Waals surface area contributed by atoms with Gasteiger partial charge in [-0.05, 0) is 37.3 Å². The van der Waals surface area contributed by atoms with E-state index in [2.05, 4.69) is 16.5 Å². The Balaban J connectivity index is 1.41. The van der Waals surface area contributed by atoms with Crippen LogP contribution >= 0.6 is 0 Å². The van der Waals surface area contributed by atoms with E-state index in [1.807, 2.05) is 35.2 Å². The lowest BCUT2D eigenvalue weighted by molar-refractivity contribution is 0.0502. The minimum atomic E-state index is -3.47. The molecule has 3 fully saturated rings. The van der Waals surface area contributed by atoms with Crippen molar-refractivity contribution in [3.63, 3.8) is 0 Å². The van der Waals surface area contributed by atoms with Gasteiger partial charge in [-0.15, -0.1) is 0 Å². The fourth-order valence-corrected chi connectivity index (χ4v) is 6.10. The number of piperazine rings is 1. The Morgan fingerprint density at radius 2 is 1.89 bits per heavy atom. The molecule has 0 aromatic heterocycles. The van der Waals surface area contributed by atoms with Crippen LogP contribution in [0.3, 0.4) is 0 Å². The number of hydrogen-bond donors (Lipinski definition) is 1. The summed E-state index contributed by atoms with van der Waals surface area (Å²) >= 11 is 0. The second-order valence-corrected chi connectivity index (χ2v) is 10.1. The summed E-state index contributed by atoms with van der Waals surface area (Å²) < 4.78 is 29.9. The van der Waals surface area contributed by atoms with Crippen LogP contribution in [0.1, 0.15) is 36.5 Å². The van der Waals surface area contributed by atoms with Gasteiger partial charge in [-0.2, -0.15) is 12.7 Å². The molecule has 0 radical (unpaired) electrons. The molecule has 28 heavy (non-hydrogen) atoms. The van der Waals surface area contributed by atoms with Crippen molar-refractivity contribution in [1.29, 1.82) is 0 Å². The van der Waals surface area contributed by atoms with Crippen LogP contribution in [0.5, 0.6) is 0 Å². The molecule has 1 aromatic rings. The third-order valence-electron chi connectivity index (χ3n) is 6.30. The molecule has 8 heteroatoms. The molecule has 3 aliphatic rings. The van der Waals surface area contributed by atoms with Crippen LogP contribution in [0.25, 0.3) is 0 Å². The highest BCUT2D eigenvalue weighted by Gasteiger charge is 2.41. The smallest absolute Gasteiger partial charge is 0.279 e. The van der Waals surface area contributed by atoms with Crippen molar-refractivity contribution in [2.75, 3.05) is 39.3 Å². The fourth-order valence-electron chi connectivity index (χ4n) is 4.69. The fraction of sp³-hybridized carbons (Fsp3) is 0.650. The Morgan fingerprint density at radius 3 is 2.64 bits per heavy atom. The van der Waals surface area contributed by atoms with Gasteiger partial charge in [0.1, 0.15) is 0 Å². The number of amides is 1. The summed E-state index contributed by atoms with van der Waals surface area (Å²) in [4.78, 5) is 17.2. The maximum atomic E-state index is 13.0. The van der Waals surface area contributed by atoms with Crippen molar-refractivity contribution in [2.24, 2.45) is 5.92 Å². The first-order valence-corrected chi connectivity index (χ1v) is 11.7. The number of nitrogens with zero attached hydrogens (tertiary/aromatic N) is 3. The van der Waals surface area contributed by atoms with Crippen molar-refractivity contribution in [3.05, 3.63) is 35.9 Å². The summed E-state index contributed by atoms with van der Waals surface area (Å²) in [5, 5.41) is 0. The largest absolute Gasteiger partial charge is 0.333 e. The van der Waals surface area contributed by atoms with Gasteiger partial charge in [0.15, 0.2) is 0 Å². The summed E-state index contributed by atoms with van der Waals surface area (Å²) in [7, 11) is -3.47. The van der Waals surface area contributed by atoms with Gasteiger partial charge in [0.2, 0.25) is 0 Å². The number of fused-ring (bicyclic) bond motifs is 2. The number of carbonyl (C=O) groups is 1. The van der Waals surface area contributed by atoms with Crippen LogP contribution in [0.15, 0.2) is 30.3 Å². The lowest BCUT2D eigenvalue weighted by atomic mass is 10.0. The standard InChI is InChI=1S/C20H30N4O3S/c1-16-6-5-10-23(13-16)28(26,27)21-12-19-15-24(18-9-11-22(19)14-18)20(25)17-7-3-2-4-8-17/h2-4,7-8,16,18-19,21H,5-6,9-15H2,1H3/t16-,18-,19+/m0/s1. The number of hydrogen-bond acceptors (Lipinski definition) is 4. The molecular weight excluding hydrogens is 376 g/mol. The first kappa shape index (κ1) is 19.8. The van der Waals surface area contributed by atoms with Crippen molar-refractivity contribution >= 4 is 16.1 Å². The second kappa shape index (κ2) is 8.10. The Kier molecular flexibility index (Phi) is 5.73. The van der Waals surface area contributed by atoms with Crippen LogP contribution < -0.4 is 4.72 Å². The normalized spacial score (nSPS) is 31.1. The van der Waals surface area contributed by atoms with E-state index in [-0.39, 0.29) is 18.0 Å². The van der Waals surface area contributed by atoms with Crippen molar-refractivity contribution < 1.29 is 13.2 Å². The third-order valence-corrected chi connectivity index (χ3v) is 7.84. The Hall–Kier alpha value is -1.48. The predicted molar refractivity (Wildman–Crippen MR) is 108 cm³/mol. The minimum absolute atomic E-state index is 0.0170. The van der Waals surface area contributed by atoms with Crippen molar-refractivity contribution in [3.8, 4) is 0 Å². The van der Waals surface area contributed by atoms with Gasteiger partial charge < -0.3 is 4.90 Å². The van der Waals surface area contributed by atoms with E-state index in [4.69, 9.17) is 0 Å². The van der Waals surface area contributed by atoms with E-state index < -0.39 is 10.2 Å². The number of rotatable bonds is 5. The SMILES string of the molecule is C[C@H]1CCCN(S(=O)(=O)NC[C@@H]2CN(C(=O)c3ccccc3)[C@H]3CCN2C3)C1. The zero-order valence-corrected chi connectivity index (χ0v) is 17.3. The minimum Gasteiger partial charge on any atom is -0.333 e. The Morgan fingerprint density at radius 1 is 1.11 bits per heavy atom. The topological polar surface area (TPSA) is 73.0 Å². The third kappa shape index (κ3) is 4.10. The summed E-state index contributed by atoms with van der Waals surface area (Å²) in [5.74, 6) is 0.447. The van der Waals surface area contributed by atoms with E-state index in [1.165, 1.54) is 0 Å². The Bertz CT molecular complexity index is 801. The molecule has 1 aromatic carbocycles. The molecule has 3 aliphatic heterocycles. The maximum absolute atomic E-state index is 13.0. The lowest BCUT2D eigenvalue weighted by Gasteiger charge is -2.40. The zero-order chi connectivity index (χ0) is 19.7. The molecule has 1 unspecified atom stereocenters. The summed E-state index contributed by atoms with van der Waals surface area (Å²) in [5.41, 5.74) is 0.699. The van der Waals surface area contributed by atoms with Crippen LogP contribution in [0.2, 0.25) is 0 Å². The molecule has 7 nitrogen and oxygen atoms in total. The van der Waals surface area contributed by atoms with E-state index >= 15 is 0 Å². The van der Waals surface area contributed by atoms with Gasteiger partial charge in [-0.25, -0.2) is 4.72 Å². The molecule has 0 spiro atoms. The van der Waals surface area contributed by atoms with Crippen LogP contribution in [-0.2, 0) is 10.2 Å². The van der Waals surface area contributed by atoms with Gasteiger partial charge in [-0.1, -0.05) is 25.1 Å². The first-order valence-electron chi connectivity index (χ1n) is 10.3. The van der Waals surface area contributed by atoms with Gasteiger partial charge in [0.25, 0.3) is 16.1 Å². The molecule has 1 amide bonds. The van der Waals surface area contributed by atoms with E-state index in [0.717, 1.165) is 32.4 Å². The van der Waals surface area contributed by atoms with Gasteiger partial charge >= 0.3 is 0 Å². The first-order chi connectivity index (χ1) is 13.4. The number of carbonyl (C=O) groups excluding carboxylic acids is 1. The molecular formula is C20H30N4O3S. The molecule has 4 rings (SSSR count). The van der Waals surface area contributed by atoms with Crippen molar-refractivity contribution in [1.82, 2.24) is 18.8 Å². The molecule has 0 aliphatic carbocycles. The summed E-state index contributed by atoms with van der Waals surface area (Å²) in [6.45, 7) is 5.93. The quantitative estimate of drug-likeness (QED) is 0.796. The van der Waals surface area contributed by atoms with Gasteiger partial charge in [0.05, 0.1) is 0 Å². The summed E-state index contributed by atoms with van der Waals surface area (Å²) in [6.07, 6.45) is 2.95. The molecule has 154 valence electrons. The average Bonchev–Trinajstić information content (AvgIpc) is 3.11. The Labute approximate surface area is 167 Å². The summed E-state index contributed by atoms with van der Waals surface area (Å²) in [6, 6.07) is 9.60. The van der Waals surface area contributed by atoms with Crippen molar-refractivity contribution in [2.45, 2.75) is 38.3 Å². The van der Waals surface area contributed by atoms with E-state index in [9.17, 15) is 13.2 Å². The van der Waals surface area contributed by atoms with Crippen LogP contribution in [-0.4, -0.2) is 79.8 Å². The van der Waals surface area contributed by atoms with Crippen LogP contribution in [0, 0.1) is 5.92 Å². The lowest BCUT2D eigenvalue weighted by Crippen LogP contribution is -2.58. The van der Waals surface area contributed by atoms with E-state index in [0.29, 0.717) is 37.7 Å².